The number of nitrogens with one attached hydrogen (secondary N) is 2. The number of aryl methyl sites for hydroxylation is 1. The molecule has 5 nitrogen and oxygen atoms in total. The number of aliphatic carboxylic acids is 1. The molecule has 2 amide bonds. The van der Waals surface area contributed by atoms with E-state index in [2.05, 4.69) is 10.6 Å². The number of carboxylic acids is 1. The zero-order valence-corrected chi connectivity index (χ0v) is 12.3. The summed E-state index contributed by atoms with van der Waals surface area (Å²) in [4.78, 5) is 23.1. The quantitative estimate of drug-likeness (QED) is 0.797. The van der Waals surface area contributed by atoms with E-state index >= 15 is 0 Å². The number of urea groups is 1. The molecule has 0 bridgehead atoms. The van der Waals surface area contributed by atoms with E-state index in [0.29, 0.717) is 13.0 Å². The van der Waals surface area contributed by atoms with Crippen LogP contribution in [0.25, 0.3) is 0 Å². The van der Waals surface area contributed by atoms with E-state index in [1.54, 1.807) is 0 Å². The Hall–Kier alpha value is -2.04. The van der Waals surface area contributed by atoms with Crippen LogP contribution >= 0.6 is 0 Å². The number of amides is 2. The number of rotatable bonds is 4. The lowest BCUT2D eigenvalue weighted by molar-refractivity contribution is -0.144. The van der Waals surface area contributed by atoms with Crippen LogP contribution in [0.5, 0.6) is 0 Å². The number of hydrogen-bond donors (Lipinski definition) is 3. The summed E-state index contributed by atoms with van der Waals surface area (Å²) in [5, 5.41) is 14.7. The normalized spacial score (nSPS) is 21.6. The van der Waals surface area contributed by atoms with Crippen LogP contribution in [0.3, 0.4) is 0 Å². The van der Waals surface area contributed by atoms with Crippen molar-refractivity contribution in [3.05, 3.63) is 29.8 Å². The number of hydrogen-bond acceptors (Lipinski definition) is 2. The Morgan fingerprint density at radius 2 is 1.86 bits per heavy atom. The Kier molecular flexibility index (Phi) is 5.20. The van der Waals surface area contributed by atoms with E-state index < -0.39 is 5.97 Å². The molecule has 3 N–H and O–H groups in total. The van der Waals surface area contributed by atoms with Crippen molar-refractivity contribution in [3.8, 4) is 0 Å². The molecule has 0 radical (unpaired) electrons. The van der Waals surface area contributed by atoms with E-state index in [1.807, 2.05) is 31.2 Å². The van der Waals surface area contributed by atoms with Gasteiger partial charge in [0.15, 0.2) is 0 Å². The summed E-state index contributed by atoms with van der Waals surface area (Å²) < 4.78 is 0. The van der Waals surface area contributed by atoms with Crippen molar-refractivity contribution >= 4 is 17.7 Å². The van der Waals surface area contributed by atoms with Crippen LogP contribution in [-0.2, 0) is 4.79 Å². The summed E-state index contributed by atoms with van der Waals surface area (Å²) in [5.74, 6) is -1.06. The first-order valence-electron chi connectivity index (χ1n) is 7.40. The van der Waals surface area contributed by atoms with Gasteiger partial charge in [-0.25, -0.2) is 4.79 Å². The smallest absolute Gasteiger partial charge is 0.319 e. The first kappa shape index (κ1) is 15.4. The number of benzene rings is 1. The van der Waals surface area contributed by atoms with Crippen LogP contribution in [0.4, 0.5) is 10.5 Å². The van der Waals surface area contributed by atoms with Gasteiger partial charge >= 0.3 is 12.0 Å². The lowest BCUT2D eigenvalue weighted by atomic mass is 9.79. The predicted octanol–water partition coefficient (Wildman–Crippen LogP) is 3.01. The molecule has 0 aromatic heterocycles. The van der Waals surface area contributed by atoms with Gasteiger partial charge in [-0.05, 0) is 37.8 Å². The van der Waals surface area contributed by atoms with Crippen LogP contribution in [0.1, 0.15) is 31.2 Å². The maximum absolute atomic E-state index is 11.8. The third-order valence-electron chi connectivity index (χ3n) is 4.06. The SMILES string of the molecule is Cc1ccc(NC(=O)NCC2CCCCC2C(=O)O)cc1. The average Bonchev–Trinajstić information content (AvgIpc) is 2.48. The Morgan fingerprint density at radius 3 is 2.52 bits per heavy atom. The molecule has 1 aromatic rings. The Morgan fingerprint density at radius 1 is 1.19 bits per heavy atom. The van der Waals surface area contributed by atoms with Crippen molar-refractivity contribution in [3.63, 3.8) is 0 Å². The van der Waals surface area contributed by atoms with Crippen molar-refractivity contribution in [2.45, 2.75) is 32.6 Å². The van der Waals surface area contributed by atoms with E-state index in [1.165, 1.54) is 0 Å². The van der Waals surface area contributed by atoms with Crippen LogP contribution in [0.2, 0.25) is 0 Å². The highest BCUT2D eigenvalue weighted by molar-refractivity contribution is 5.89. The van der Waals surface area contributed by atoms with Crippen molar-refractivity contribution in [1.82, 2.24) is 5.32 Å². The van der Waals surface area contributed by atoms with Gasteiger partial charge in [-0.3, -0.25) is 4.79 Å². The number of carbonyl (C=O) groups is 2. The molecule has 2 unspecified atom stereocenters. The maximum Gasteiger partial charge on any atom is 0.319 e. The van der Waals surface area contributed by atoms with E-state index in [9.17, 15) is 14.7 Å². The van der Waals surface area contributed by atoms with Gasteiger partial charge in [-0.2, -0.15) is 0 Å². The average molecular weight is 290 g/mol. The van der Waals surface area contributed by atoms with Gasteiger partial charge in [0.2, 0.25) is 0 Å². The minimum absolute atomic E-state index is 0.0278. The molecular formula is C16H22N2O3. The summed E-state index contributed by atoms with van der Waals surface area (Å²) in [6.45, 7) is 2.40. The summed E-state index contributed by atoms with van der Waals surface area (Å²) in [5.41, 5.74) is 1.86. The predicted molar refractivity (Wildman–Crippen MR) is 81.3 cm³/mol. The molecule has 0 aliphatic heterocycles. The van der Waals surface area contributed by atoms with Gasteiger partial charge in [0, 0.05) is 12.2 Å². The second-order valence-electron chi connectivity index (χ2n) is 5.69. The molecule has 114 valence electrons. The Bertz CT molecular complexity index is 499. The molecule has 0 saturated heterocycles. The minimum Gasteiger partial charge on any atom is -0.481 e. The fraction of sp³-hybridized carbons (Fsp3) is 0.500. The van der Waals surface area contributed by atoms with Crippen molar-refractivity contribution in [2.24, 2.45) is 11.8 Å². The van der Waals surface area contributed by atoms with Crippen molar-refractivity contribution in [2.75, 3.05) is 11.9 Å². The van der Waals surface area contributed by atoms with Gasteiger partial charge in [-0.1, -0.05) is 30.5 Å². The van der Waals surface area contributed by atoms with E-state index in [0.717, 1.165) is 30.5 Å². The van der Waals surface area contributed by atoms with Crippen LogP contribution in [0.15, 0.2) is 24.3 Å². The van der Waals surface area contributed by atoms with Gasteiger partial charge in [0.25, 0.3) is 0 Å². The molecule has 2 atom stereocenters. The molecule has 1 aromatic carbocycles. The van der Waals surface area contributed by atoms with Crippen LogP contribution in [-0.4, -0.2) is 23.7 Å². The lowest BCUT2D eigenvalue weighted by Gasteiger charge is -2.28. The third-order valence-corrected chi connectivity index (χ3v) is 4.06. The van der Waals surface area contributed by atoms with E-state index in [-0.39, 0.29) is 17.9 Å². The molecular weight excluding hydrogens is 268 g/mol. The molecule has 1 saturated carbocycles. The standard InChI is InChI=1S/C16H22N2O3/c1-11-6-8-13(9-7-11)18-16(21)17-10-12-4-2-3-5-14(12)15(19)20/h6-9,12,14H,2-5,10H2,1H3,(H,19,20)(H2,17,18,21). The molecule has 2 rings (SSSR count). The fourth-order valence-corrected chi connectivity index (χ4v) is 2.81. The van der Waals surface area contributed by atoms with Gasteiger partial charge < -0.3 is 15.7 Å². The highest BCUT2D eigenvalue weighted by atomic mass is 16.4. The molecule has 1 aliphatic carbocycles. The summed E-state index contributed by atoms with van der Waals surface area (Å²) >= 11 is 0. The zero-order chi connectivity index (χ0) is 15.2. The van der Waals surface area contributed by atoms with Crippen LogP contribution in [0, 0.1) is 18.8 Å². The Balaban J connectivity index is 1.82. The molecule has 5 heteroatoms. The minimum atomic E-state index is -0.750. The second-order valence-corrected chi connectivity index (χ2v) is 5.69. The first-order valence-corrected chi connectivity index (χ1v) is 7.40. The molecule has 21 heavy (non-hydrogen) atoms. The Labute approximate surface area is 124 Å². The third kappa shape index (κ3) is 4.48. The second kappa shape index (κ2) is 7.11. The summed E-state index contributed by atoms with van der Waals surface area (Å²) in [6, 6.07) is 7.26. The zero-order valence-electron chi connectivity index (χ0n) is 12.3. The highest BCUT2D eigenvalue weighted by Crippen LogP contribution is 2.29. The number of carboxylic acid groups (broad SMARTS) is 1. The monoisotopic (exact) mass is 290 g/mol. The van der Waals surface area contributed by atoms with E-state index in [4.69, 9.17) is 0 Å². The molecule has 0 heterocycles. The summed E-state index contributed by atoms with van der Waals surface area (Å²) in [6.07, 6.45) is 3.57. The van der Waals surface area contributed by atoms with Gasteiger partial charge in [0.1, 0.15) is 0 Å². The topological polar surface area (TPSA) is 78.4 Å². The molecule has 0 spiro atoms. The van der Waals surface area contributed by atoms with Gasteiger partial charge in [0.05, 0.1) is 5.92 Å². The number of anilines is 1. The lowest BCUT2D eigenvalue weighted by Crippen LogP contribution is -2.38. The summed E-state index contributed by atoms with van der Waals surface area (Å²) in [7, 11) is 0. The van der Waals surface area contributed by atoms with Crippen molar-refractivity contribution in [1.29, 1.82) is 0 Å². The fourth-order valence-electron chi connectivity index (χ4n) is 2.81. The van der Waals surface area contributed by atoms with Crippen molar-refractivity contribution < 1.29 is 14.7 Å². The first-order chi connectivity index (χ1) is 10.1. The maximum atomic E-state index is 11.8. The number of carbonyl (C=O) groups excluding carboxylic acids is 1. The molecule has 1 fully saturated rings. The largest absolute Gasteiger partial charge is 0.481 e. The molecule has 1 aliphatic rings. The van der Waals surface area contributed by atoms with Gasteiger partial charge in [-0.15, -0.1) is 0 Å². The highest BCUT2D eigenvalue weighted by Gasteiger charge is 2.30. The van der Waals surface area contributed by atoms with Crippen LogP contribution < -0.4 is 10.6 Å².